The molecule has 0 atom stereocenters. The number of benzene rings is 3. The first-order valence-electron chi connectivity index (χ1n) is 9.41. The minimum absolute atomic E-state index is 0.251. The van der Waals surface area contributed by atoms with Gasteiger partial charge in [-0.3, -0.25) is 19.2 Å². The number of carbonyl (C=O) groups excluding carboxylic acids is 4. The molecule has 6 rings (SSSR count). The summed E-state index contributed by atoms with van der Waals surface area (Å²) in [6.45, 7) is 0. The maximum absolute atomic E-state index is 12.8. The summed E-state index contributed by atoms with van der Waals surface area (Å²) in [5, 5.41) is 0.251. The molecule has 3 heterocycles. The summed E-state index contributed by atoms with van der Waals surface area (Å²) < 4.78 is 0.653. The molecule has 2 aliphatic heterocycles. The maximum Gasteiger partial charge on any atom is 0.268 e. The van der Waals surface area contributed by atoms with Gasteiger partial charge in [-0.1, -0.05) is 35.6 Å². The highest BCUT2D eigenvalue weighted by Crippen LogP contribution is 2.37. The van der Waals surface area contributed by atoms with Gasteiger partial charge >= 0.3 is 0 Å². The minimum atomic E-state index is -0.416. The number of carbonyl (C=O) groups is 4. The lowest BCUT2D eigenvalue weighted by Crippen LogP contribution is -2.29. The first-order valence-corrected chi connectivity index (χ1v) is 10.2. The molecule has 0 saturated carbocycles. The number of thiazole rings is 1. The van der Waals surface area contributed by atoms with Crippen molar-refractivity contribution in [3.8, 4) is 0 Å². The molecule has 0 radical (unpaired) electrons. The first-order chi connectivity index (χ1) is 15.0. The summed E-state index contributed by atoms with van der Waals surface area (Å²) in [5.74, 6) is -1.60. The van der Waals surface area contributed by atoms with E-state index in [0.717, 1.165) is 21.1 Å². The monoisotopic (exact) mass is 425 g/mol. The average Bonchev–Trinajstić information content (AvgIpc) is 3.39. The van der Waals surface area contributed by atoms with E-state index in [1.807, 2.05) is 0 Å². The number of amides is 4. The Hall–Kier alpha value is -4.17. The van der Waals surface area contributed by atoms with Crippen molar-refractivity contribution in [1.29, 1.82) is 0 Å². The standard InChI is InChI=1S/C23H11N3O4S/c27-19-13-5-1-2-6-14(13)20(28)25(19)12-9-10-17-18(11-12)31-23(24-17)26-21(29)15-7-3-4-8-16(15)22(26)30/h1-11H. The SMILES string of the molecule is O=C1c2ccccc2C(=O)N1c1ccc2nc(N3C(=O)c4ccccc4C3=O)sc2c1. The van der Waals surface area contributed by atoms with Gasteiger partial charge in [0, 0.05) is 0 Å². The number of aromatic nitrogens is 1. The molecule has 0 saturated heterocycles. The molecule has 0 aliphatic carbocycles. The Morgan fingerprint density at radius 3 is 1.61 bits per heavy atom. The van der Waals surface area contributed by atoms with Crippen LogP contribution in [0, 0.1) is 0 Å². The van der Waals surface area contributed by atoms with Gasteiger partial charge in [-0.05, 0) is 42.5 Å². The van der Waals surface area contributed by atoms with Crippen LogP contribution in [0.3, 0.4) is 0 Å². The molecule has 1 aromatic heterocycles. The minimum Gasteiger partial charge on any atom is -0.268 e. The molecule has 0 bridgehead atoms. The quantitative estimate of drug-likeness (QED) is 0.455. The molecule has 0 N–H and O–H groups in total. The second-order valence-corrected chi connectivity index (χ2v) is 8.14. The zero-order valence-corrected chi connectivity index (χ0v) is 16.6. The van der Waals surface area contributed by atoms with E-state index < -0.39 is 11.8 Å². The van der Waals surface area contributed by atoms with Crippen LogP contribution in [0.5, 0.6) is 0 Å². The zero-order chi connectivity index (χ0) is 21.3. The molecule has 0 spiro atoms. The van der Waals surface area contributed by atoms with Crippen LogP contribution in [-0.2, 0) is 0 Å². The summed E-state index contributed by atoms with van der Waals surface area (Å²) in [5.41, 5.74) is 2.40. The van der Waals surface area contributed by atoms with Gasteiger partial charge in [0.1, 0.15) is 0 Å². The lowest BCUT2D eigenvalue weighted by Gasteiger charge is -2.13. The number of hydrogen-bond donors (Lipinski definition) is 0. The van der Waals surface area contributed by atoms with Gasteiger partial charge in [-0.25, -0.2) is 14.8 Å². The number of rotatable bonds is 2. The Kier molecular flexibility index (Phi) is 3.51. The number of fused-ring (bicyclic) bond motifs is 3. The normalized spacial score (nSPS) is 15.2. The number of hydrogen-bond acceptors (Lipinski definition) is 6. The lowest BCUT2D eigenvalue weighted by atomic mass is 10.1. The van der Waals surface area contributed by atoms with E-state index >= 15 is 0 Å². The Labute approximate surface area is 179 Å². The third-order valence-electron chi connectivity index (χ3n) is 5.40. The van der Waals surface area contributed by atoms with Crippen molar-refractivity contribution in [3.63, 3.8) is 0 Å². The third-order valence-corrected chi connectivity index (χ3v) is 6.40. The fraction of sp³-hybridized carbons (Fsp3) is 0. The highest BCUT2D eigenvalue weighted by Gasteiger charge is 2.39. The largest absolute Gasteiger partial charge is 0.268 e. The highest BCUT2D eigenvalue weighted by atomic mass is 32.1. The number of imide groups is 2. The van der Waals surface area contributed by atoms with E-state index in [9.17, 15) is 19.2 Å². The molecule has 4 amide bonds. The molecule has 3 aromatic carbocycles. The first kappa shape index (κ1) is 17.7. The summed E-state index contributed by atoms with van der Waals surface area (Å²) in [4.78, 5) is 57.7. The fourth-order valence-corrected chi connectivity index (χ4v) is 4.92. The Morgan fingerprint density at radius 1 is 0.613 bits per heavy atom. The summed E-state index contributed by atoms with van der Waals surface area (Å²) in [7, 11) is 0. The van der Waals surface area contributed by atoms with E-state index in [1.165, 1.54) is 0 Å². The van der Waals surface area contributed by atoms with Crippen LogP contribution in [0.2, 0.25) is 0 Å². The highest BCUT2D eigenvalue weighted by molar-refractivity contribution is 7.22. The van der Waals surface area contributed by atoms with E-state index in [2.05, 4.69) is 4.98 Å². The van der Waals surface area contributed by atoms with E-state index in [-0.39, 0.29) is 16.9 Å². The number of anilines is 2. The van der Waals surface area contributed by atoms with Gasteiger partial charge in [0.25, 0.3) is 23.6 Å². The Bertz CT molecular complexity index is 1350. The summed E-state index contributed by atoms with van der Waals surface area (Å²) >= 11 is 1.16. The van der Waals surface area contributed by atoms with Gasteiger partial charge in [0.05, 0.1) is 38.2 Å². The van der Waals surface area contributed by atoms with E-state index in [0.29, 0.717) is 38.2 Å². The predicted octanol–water partition coefficient (Wildman–Crippen LogP) is 3.90. The van der Waals surface area contributed by atoms with Crippen LogP contribution >= 0.6 is 11.3 Å². The van der Waals surface area contributed by atoms with Crippen molar-refractivity contribution < 1.29 is 19.2 Å². The van der Waals surface area contributed by atoms with Gasteiger partial charge in [0.15, 0.2) is 0 Å². The van der Waals surface area contributed by atoms with Gasteiger partial charge in [-0.2, -0.15) is 0 Å². The van der Waals surface area contributed by atoms with Crippen molar-refractivity contribution >= 4 is 56.0 Å². The van der Waals surface area contributed by atoms with Crippen LogP contribution < -0.4 is 9.80 Å². The third kappa shape index (κ3) is 2.36. The zero-order valence-electron chi connectivity index (χ0n) is 15.7. The molecule has 31 heavy (non-hydrogen) atoms. The maximum atomic E-state index is 12.8. The number of nitrogens with zero attached hydrogens (tertiary/aromatic N) is 3. The van der Waals surface area contributed by atoms with Gasteiger partial charge in [0.2, 0.25) is 5.13 Å². The molecule has 7 nitrogen and oxygen atoms in total. The topological polar surface area (TPSA) is 87.7 Å². The Balaban J connectivity index is 1.40. The fourth-order valence-electron chi connectivity index (χ4n) is 3.92. The molecule has 0 fully saturated rings. The van der Waals surface area contributed by atoms with Crippen molar-refractivity contribution in [3.05, 3.63) is 89.0 Å². The second kappa shape index (κ2) is 6.16. The molecule has 4 aromatic rings. The Morgan fingerprint density at radius 2 is 1.10 bits per heavy atom. The summed E-state index contributed by atoms with van der Waals surface area (Å²) in [6, 6.07) is 18.3. The lowest BCUT2D eigenvalue weighted by molar-refractivity contribution is 0.0910. The molecular weight excluding hydrogens is 414 g/mol. The van der Waals surface area contributed by atoms with Gasteiger partial charge in [-0.15, -0.1) is 0 Å². The van der Waals surface area contributed by atoms with Gasteiger partial charge < -0.3 is 0 Å². The summed E-state index contributed by atoms with van der Waals surface area (Å²) in [6.07, 6.45) is 0. The molecule has 2 aliphatic rings. The van der Waals surface area contributed by atoms with E-state index in [4.69, 9.17) is 0 Å². The van der Waals surface area contributed by atoms with Crippen LogP contribution in [0.4, 0.5) is 10.8 Å². The second-order valence-electron chi connectivity index (χ2n) is 7.13. The smallest absolute Gasteiger partial charge is 0.268 e. The van der Waals surface area contributed by atoms with E-state index in [1.54, 1.807) is 66.7 Å². The van der Waals surface area contributed by atoms with Crippen LogP contribution in [0.1, 0.15) is 41.4 Å². The van der Waals surface area contributed by atoms with Crippen LogP contribution in [-0.4, -0.2) is 28.6 Å². The molecular formula is C23H11N3O4S. The molecule has 0 unspecified atom stereocenters. The molecule has 8 heteroatoms. The van der Waals surface area contributed by atoms with Crippen molar-refractivity contribution in [2.45, 2.75) is 0 Å². The predicted molar refractivity (Wildman–Crippen MR) is 115 cm³/mol. The van der Waals surface area contributed by atoms with Crippen LogP contribution in [0.25, 0.3) is 10.2 Å². The van der Waals surface area contributed by atoms with Crippen molar-refractivity contribution in [2.24, 2.45) is 0 Å². The van der Waals surface area contributed by atoms with Crippen molar-refractivity contribution in [2.75, 3.05) is 9.80 Å². The van der Waals surface area contributed by atoms with Crippen LogP contribution in [0.15, 0.2) is 66.7 Å². The van der Waals surface area contributed by atoms with Crippen molar-refractivity contribution in [1.82, 2.24) is 4.98 Å². The average molecular weight is 425 g/mol. The molecule has 148 valence electrons.